The van der Waals surface area contributed by atoms with Crippen molar-refractivity contribution in [2.75, 3.05) is 44.6 Å². The molecule has 1 N–H and O–H groups in total. The maximum absolute atomic E-state index is 13.0. The molecule has 0 radical (unpaired) electrons. The van der Waals surface area contributed by atoms with Gasteiger partial charge in [0, 0.05) is 51.4 Å². The topological polar surface area (TPSA) is 73.0 Å². The van der Waals surface area contributed by atoms with Gasteiger partial charge in [0.1, 0.15) is 0 Å². The second-order valence-corrected chi connectivity index (χ2v) is 10.6. The first-order chi connectivity index (χ1) is 15.4. The summed E-state index contributed by atoms with van der Waals surface area (Å²) in [5.74, 6) is -0.178. The highest BCUT2D eigenvalue weighted by molar-refractivity contribution is 7.89. The minimum absolute atomic E-state index is 0.178. The molecule has 1 amide bonds. The molecule has 0 aliphatic carbocycles. The second-order valence-electron chi connectivity index (χ2n) is 8.64. The molecule has 172 valence electrons. The number of carbonyl (C=O) groups is 1. The Balaban J connectivity index is 1.27. The average molecular weight is 457 g/mol. The fourth-order valence-electron chi connectivity index (χ4n) is 4.66. The lowest BCUT2D eigenvalue weighted by atomic mass is 10.0. The third kappa shape index (κ3) is 5.56. The number of nitrogens with one attached hydrogen (secondary N) is 1. The van der Waals surface area contributed by atoms with Gasteiger partial charge in [-0.1, -0.05) is 30.3 Å². The molecule has 2 aliphatic heterocycles. The lowest BCUT2D eigenvalue weighted by Gasteiger charge is -2.42. The summed E-state index contributed by atoms with van der Waals surface area (Å²) in [6.07, 6.45) is 2.26. The van der Waals surface area contributed by atoms with Gasteiger partial charge in [-0.05, 0) is 55.8 Å². The average Bonchev–Trinajstić information content (AvgIpc) is 2.80. The molecule has 0 spiro atoms. The Hall–Kier alpha value is -2.26. The number of piperidine rings is 1. The van der Waals surface area contributed by atoms with E-state index in [4.69, 9.17) is 0 Å². The minimum atomic E-state index is -3.52. The SMILES string of the molecule is CC(=O)Nc1ccc(S(=O)(=O)N2CCN(C3CCN(Cc4ccccc4)CC3)CC2)cc1. The van der Waals surface area contributed by atoms with Crippen LogP contribution < -0.4 is 5.32 Å². The van der Waals surface area contributed by atoms with Gasteiger partial charge in [-0.2, -0.15) is 4.31 Å². The molecule has 4 rings (SSSR count). The number of hydrogen-bond donors (Lipinski definition) is 1. The van der Waals surface area contributed by atoms with Crippen LogP contribution in [0.25, 0.3) is 0 Å². The summed E-state index contributed by atoms with van der Waals surface area (Å²) in [5, 5.41) is 2.66. The lowest BCUT2D eigenvalue weighted by molar-refractivity contribution is -0.114. The van der Waals surface area contributed by atoms with Crippen LogP contribution in [0.5, 0.6) is 0 Å². The van der Waals surface area contributed by atoms with Gasteiger partial charge in [0.25, 0.3) is 0 Å². The van der Waals surface area contributed by atoms with E-state index >= 15 is 0 Å². The van der Waals surface area contributed by atoms with E-state index < -0.39 is 10.0 Å². The van der Waals surface area contributed by atoms with E-state index in [0.717, 1.165) is 45.6 Å². The third-order valence-corrected chi connectivity index (χ3v) is 8.32. The molecule has 32 heavy (non-hydrogen) atoms. The fraction of sp³-hybridized carbons (Fsp3) is 0.458. The number of sulfonamides is 1. The number of piperazine rings is 1. The van der Waals surface area contributed by atoms with Crippen LogP contribution in [0.3, 0.4) is 0 Å². The summed E-state index contributed by atoms with van der Waals surface area (Å²) in [5.41, 5.74) is 1.95. The number of rotatable bonds is 6. The van der Waals surface area contributed by atoms with Crippen LogP contribution in [-0.4, -0.2) is 73.7 Å². The predicted octanol–water partition coefficient (Wildman–Crippen LogP) is 2.62. The summed E-state index contributed by atoms with van der Waals surface area (Å²) < 4.78 is 27.7. The number of benzene rings is 2. The van der Waals surface area contributed by atoms with Gasteiger partial charge >= 0.3 is 0 Å². The molecular weight excluding hydrogens is 424 g/mol. The van der Waals surface area contributed by atoms with E-state index in [0.29, 0.717) is 24.8 Å². The first kappa shape index (κ1) is 22.9. The van der Waals surface area contributed by atoms with Gasteiger partial charge in [0.2, 0.25) is 15.9 Å². The van der Waals surface area contributed by atoms with Crippen LogP contribution in [0.2, 0.25) is 0 Å². The summed E-state index contributed by atoms with van der Waals surface area (Å²) >= 11 is 0. The molecule has 0 atom stereocenters. The highest BCUT2D eigenvalue weighted by Crippen LogP contribution is 2.23. The van der Waals surface area contributed by atoms with Gasteiger partial charge in [-0.15, -0.1) is 0 Å². The Morgan fingerprint density at radius 2 is 1.53 bits per heavy atom. The van der Waals surface area contributed by atoms with Crippen LogP contribution in [0, 0.1) is 0 Å². The van der Waals surface area contributed by atoms with Crippen molar-refractivity contribution >= 4 is 21.6 Å². The number of likely N-dealkylation sites (tertiary alicyclic amines) is 1. The molecule has 2 aliphatic rings. The Labute approximate surface area is 191 Å². The number of amides is 1. The van der Waals surface area contributed by atoms with Crippen molar-refractivity contribution in [1.29, 1.82) is 0 Å². The van der Waals surface area contributed by atoms with Gasteiger partial charge in [0.15, 0.2) is 0 Å². The Bertz CT molecular complexity index is 995. The van der Waals surface area contributed by atoms with E-state index in [-0.39, 0.29) is 10.8 Å². The second kappa shape index (κ2) is 10.1. The Morgan fingerprint density at radius 3 is 2.12 bits per heavy atom. The quantitative estimate of drug-likeness (QED) is 0.724. The molecule has 8 heteroatoms. The van der Waals surface area contributed by atoms with Crippen molar-refractivity contribution < 1.29 is 13.2 Å². The number of anilines is 1. The van der Waals surface area contributed by atoms with E-state index in [1.54, 1.807) is 28.6 Å². The van der Waals surface area contributed by atoms with Gasteiger partial charge < -0.3 is 5.32 Å². The van der Waals surface area contributed by atoms with Crippen molar-refractivity contribution in [1.82, 2.24) is 14.1 Å². The first-order valence-electron chi connectivity index (χ1n) is 11.3. The molecule has 2 fully saturated rings. The number of carbonyl (C=O) groups excluding carboxylic acids is 1. The van der Waals surface area contributed by atoms with Gasteiger partial charge in [-0.25, -0.2) is 8.42 Å². The zero-order valence-corrected chi connectivity index (χ0v) is 19.4. The maximum Gasteiger partial charge on any atom is 0.243 e. The molecule has 2 saturated heterocycles. The molecule has 2 aromatic carbocycles. The van der Waals surface area contributed by atoms with Crippen LogP contribution in [0.1, 0.15) is 25.3 Å². The monoisotopic (exact) mass is 456 g/mol. The smallest absolute Gasteiger partial charge is 0.243 e. The standard InChI is InChI=1S/C24H32N4O3S/c1-20(29)25-22-7-9-24(10-8-22)32(30,31)28-17-15-27(16-18-28)23-11-13-26(14-12-23)19-21-5-3-2-4-6-21/h2-10,23H,11-19H2,1H3,(H,25,29). The summed E-state index contributed by atoms with van der Waals surface area (Å²) in [4.78, 5) is 16.4. The molecule has 0 bridgehead atoms. The van der Waals surface area contributed by atoms with E-state index in [2.05, 4.69) is 45.4 Å². The largest absolute Gasteiger partial charge is 0.326 e. The van der Waals surface area contributed by atoms with Gasteiger partial charge in [0.05, 0.1) is 4.90 Å². The minimum Gasteiger partial charge on any atom is -0.326 e. The highest BCUT2D eigenvalue weighted by Gasteiger charge is 2.32. The maximum atomic E-state index is 13.0. The Morgan fingerprint density at radius 1 is 0.906 bits per heavy atom. The van der Waals surface area contributed by atoms with E-state index in [1.165, 1.54) is 12.5 Å². The third-order valence-electron chi connectivity index (χ3n) is 6.41. The first-order valence-corrected chi connectivity index (χ1v) is 12.7. The van der Waals surface area contributed by atoms with Crippen molar-refractivity contribution in [2.24, 2.45) is 0 Å². The van der Waals surface area contributed by atoms with E-state index in [1.807, 2.05) is 0 Å². The summed E-state index contributed by atoms with van der Waals surface area (Å²) in [7, 11) is -3.52. The zero-order chi connectivity index (χ0) is 22.6. The zero-order valence-electron chi connectivity index (χ0n) is 18.6. The van der Waals surface area contributed by atoms with Crippen molar-refractivity contribution in [3.63, 3.8) is 0 Å². The molecule has 0 aromatic heterocycles. The van der Waals surface area contributed by atoms with Crippen LogP contribution in [0.15, 0.2) is 59.5 Å². The van der Waals surface area contributed by atoms with E-state index in [9.17, 15) is 13.2 Å². The van der Waals surface area contributed by atoms with Crippen molar-refractivity contribution in [3.05, 3.63) is 60.2 Å². The number of nitrogens with zero attached hydrogens (tertiary/aromatic N) is 3. The molecule has 2 aromatic rings. The fourth-order valence-corrected chi connectivity index (χ4v) is 6.08. The van der Waals surface area contributed by atoms with Crippen molar-refractivity contribution in [2.45, 2.75) is 37.2 Å². The molecule has 0 unspecified atom stereocenters. The molecule has 7 nitrogen and oxygen atoms in total. The normalized spacial score (nSPS) is 19.7. The molecule has 2 heterocycles. The highest BCUT2D eigenvalue weighted by atomic mass is 32.2. The van der Waals surface area contributed by atoms with Gasteiger partial charge in [-0.3, -0.25) is 14.6 Å². The Kier molecular flexibility index (Phi) is 7.25. The molecule has 0 saturated carbocycles. The summed E-state index contributed by atoms with van der Waals surface area (Å²) in [6.45, 7) is 7.16. The number of hydrogen-bond acceptors (Lipinski definition) is 5. The molecular formula is C24H32N4O3S. The summed E-state index contributed by atoms with van der Waals surface area (Å²) in [6, 6.07) is 17.5. The van der Waals surface area contributed by atoms with Crippen LogP contribution in [-0.2, 0) is 21.4 Å². The predicted molar refractivity (Wildman–Crippen MR) is 126 cm³/mol. The lowest BCUT2D eigenvalue weighted by Crippen LogP contribution is -2.54. The van der Waals surface area contributed by atoms with Crippen LogP contribution in [0.4, 0.5) is 5.69 Å². The van der Waals surface area contributed by atoms with Crippen molar-refractivity contribution in [3.8, 4) is 0 Å². The van der Waals surface area contributed by atoms with Crippen LogP contribution >= 0.6 is 0 Å².